The van der Waals surface area contributed by atoms with Crippen LogP contribution in [0.3, 0.4) is 0 Å². The molecule has 26 heavy (non-hydrogen) atoms. The number of benzene rings is 1. The Morgan fingerprint density at radius 2 is 1.73 bits per heavy atom. The van der Waals surface area contributed by atoms with E-state index in [9.17, 15) is 18.8 Å². The van der Waals surface area contributed by atoms with Crippen molar-refractivity contribution in [2.45, 2.75) is 25.7 Å². The molecule has 2 aliphatic heterocycles. The molecule has 0 aromatic heterocycles. The second kappa shape index (κ2) is 8.29. The summed E-state index contributed by atoms with van der Waals surface area (Å²) in [5.74, 6) is -0.930. The number of hydrogen-bond donors (Lipinski definition) is 1. The molecule has 7 heteroatoms. The van der Waals surface area contributed by atoms with E-state index >= 15 is 0 Å². The number of rotatable bonds is 4. The second-order valence-corrected chi connectivity index (χ2v) is 6.88. The number of nitrogens with one attached hydrogen (secondary N) is 1. The van der Waals surface area contributed by atoms with Crippen molar-refractivity contribution < 1.29 is 18.8 Å². The van der Waals surface area contributed by atoms with Gasteiger partial charge in [-0.05, 0) is 43.9 Å². The fraction of sp³-hybridized carbons (Fsp3) is 0.526. The van der Waals surface area contributed by atoms with Gasteiger partial charge in [-0.15, -0.1) is 0 Å². The fourth-order valence-corrected chi connectivity index (χ4v) is 3.57. The zero-order valence-corrected chi connectivity index (χ0v) is 14.7. The summed E-state index contributed by atoms with van der Waals surface area (Å²) >= 11 is 0. The van der Waals surface area contributed by atoms with Crippen molar-refractivity contribution in [2.24, 2.45) is 5.92 Å². The normalized spacial score (nSPS) is 18.0. The van der Waals surface area contributed by atoms with Gasteiger partial charge in [0.15, 0.2) is 0 Å². The SMILES string of the molecule is O=C(NCC(=O)N1CCC(C(=O)N2CCCC2)CC1)c1cccc(F)c1. The van der Waals surface area contributed by atoms with Crippen LogP contribution in [0.2, 0.25) is 0 Å². The lowest BCUT2D eigenvalue weighted by Crippen LogP contribution is -2.46. The van der Waals surface area contributed by atoms with Gasteiger partial charge in [-0.25, -0.2) is 4.39 Å². The highest BCUT2D eigenvalue weighted by Gasteiger charge is 2.31. The number of piperidine rings is 1. The Hall–Kier alpha value is -2.44. The molecule has 6 nitrogen and oxygen atoms in total. The third-order valence-electron chi connectivity index (χ3n) is 5.10. The Kier molecular flexibility index (Phi) is 5.85. The number of nitrogens with zero attached hydrogens (tertiary/aromatic N) is 2. The molecule has 0 spiro atoms. The van der Waals surface area contributed by atoms with Crippen molar-refractivity contribution in [3.63, 3.8) is 0 Å². The standard InChI is InChI=1S/C19H24FN3O3/c20-16-5-3-4-15(12-16)18(25)21-13-17(24)22-10-6-14(7-11-22)19(26)23-8-1-2-9-23/h3-5,12,14H,1-2,6-11,13H2,(H,21,25). The molecule has 0 bridgehead atoms. The lowest BCUT2D eigenvalue weighted by Gasteiger charge is -2.33. The summed E-state index contributed by atoms with van der Waals surface area (Å²) in [6.45, 7) is 2.63. The van der Waals surface area contributed by atoms with Crippen LogP contribution in [0.25, 0.3) is 0 Å². The van der Waals surface area contributed by atoms with Gasteiger partial charge in [-0.2, -0.15) is 0 Å². The van der Waals surface area contributed by atoms with E-state index in [1.807, 2.05) is 4.90 Å². The molecule has 0 atom stereocenters. The van der Waals surface area contributed by atoms with E-state index < -0.39 is 11.7 Å². The number of carbonyl (C=O) groups excluding carboxylic acids is 3. The molecule has 3 amide bonds. The Morgan fingerprint density at radius 3 is 2.38 bits per heavy atom. The third-order valence-corrected chi connectivity index (χ3v) is 5.10. The molecule has 1 N–H and O–H groups in total. The van der Waals surface area contributed by atoms with Crippen molar-refractivity contribution in [3.05, 3.63) is 35.6 Å². The number of likely N-dealkylation sites (tertiary alicyclic amines) is 2. The fourth-order valence-electron chi connectivity index (χ4n) is 3.57. The number of halogens is 1. The Balaban J connectivity index is 1.43. The van der Waals surface area contributed by atoms with E-state index in [-0.39, 0.29) is 29.8 Å². The molecule has 2 aliphatic rings. The van der Waals surface area contributed by atoms with Gasteiger partial charge in [0.05, 0.1) is 6.54 Å². The van der Waals surface area contributed by atoms with Crippen LogP contribution in [0.4, 0.5) is 4.39 Å². The summed E-state index contributed by atoms with van der Waals surface area (Å²) in [4.78, 5) is 40.3. The van der Waals surface area contributed by atoms with Crippen LogP contribution in [-0.2, 0) is 9.59 Å². The number of carbonyl (C=O) groups is 3. The molecule has 2 saturated heterocycles. The smallest absolute Gasteiger partial charge is 0.251 e. The maximum absolute atomic E-state index is 13.1. The first-order valence-corrected chi connectivity index (χ1v) is 9.15. The van der Waals surface area contributed by atoms with Gasteiger partial charge in [-0.3, -0.25) is 14.4 Å². The topological polar surface area (TPSA) is 69.7 Å². The lowest BCUT2D eigenvalue weighted by molar-refractivity contribution is -0.139. The van der Waals surface area contributed by atoms with Gasteiger partial charge in [0.1, 0.15) is 5.82 Å². The minimum absolute atomic E-state index is 0.000893. The maximum Gasteiger partial charge on any atom is 0.251 e. The summed E-state index contributed by atoms with van der Waals surface area (Å²) in [6.07, 6.45) is 3.49. The molecule has 3 rings (SSSR count). The molecule has 2 heterocycles. The van der Waals surface area contributed by atoms with Crippen LogP contribution in [0.15, 0.2) is 24.3 Å². The number of hydrogen-bond acceptors (Lipinski definition) is 3. The van der Waals surface area contributed by atoms with Crippen LogP contribution in [0, 0.1) is 11.7 Å². The van der Waals surface area contributed by atoms with Crippen LogP contribution in [0.1, 0.15) is 36.0 Å². The van der Waals surface area contributed by atoms with Crippen LogP contribution in [0.5, 0.6) is 0 Å². The van der Waals surface area contributed by atoms with Gasteiger partial charge in [0.2, 0.25) is 11.8 Å². The second-order valence-electron chi connectivity index (χ2n) is 6.88. The van der Waals surface area contributed by atoms with E-state index in [1.165, 1.54) is 18.2 Å². The highest BCUT2D eigenvalue weighted by Crippen LogP contribution is 2.22. The zero-order chi connectivity index (χ0) is 18.5. The van der Waals surface area contributed by atoms with Crippen LogP contribution < -0.4 is 5.32 Å². The van der Waals surface area contributed by atoms with E-state index in [2.05, 4.69) is 5.32 Å². The molecule has 1 aromatic carbocycles. The van der Waals surface area contributed by atoms with Crippen molar-refractivity contribution in [1.82, 2.24) is 15.1 Å². The Morgan fingerprint density at radius 1 is 1.04 bits per heavy atom. The first-order chi connectivity index (χ1) is 12.5. The first-order valence-electron chi connectivity index (χ1n) is 9.15. The van der Waals surface area contributed by atoms with Gasteiger partial charge in [-0.1, -0.05) is 6.07 Å². The summed E-state index contributed by atoms with van der Waals surface area (Å²) in [6, 6.07) is 5.34. The first kappa shape index (κ1) is 18.4. The molecule has 0 saturated carbocycles. The number of amides is 3. The average molecular weight is 361 g/mol. The van der Waals surface area contributed by atoms with Crippen molar-refractivity contribution in [3.8, 4) is 0 Å². The Bertz CT molecular complexity index is 680. The molecule has 0 radical (unpaired) electrons. The Labute approximate surface area is 152 Å². The summed E-state index contributed by atoms with van der Waals surface area (Å²) in [7, 11) is 0. The molecule has 140 valence electrons. The quantitative estimate of drug-likeness (QED) is 0.882. The minimum atomic E-state index is -0.492. The highest BCUT2D eigenvalue weighted by atomic mass is 19.1. The molecular formula is C19H24FN3O3. The zero-order valence-electron chi connectivity index (χ0n) is 14.7. The van der Waals surface area contributed by atoms with Crippen LogP contribution in [-0.4, -0.2) is 60.2 Å². The third kappa shape index (κ3) is 4.39. The highest BCUT2D eigenvalue weighted by molar-refractivity contribution is 5.96. The molecule has 0 unspecified atom stereocenters. The summed E-state index contributed by atoms with van der Waals surface area (Å²) in [5, 5.41) is 2.53. The van der Waals surface area contributed by atoms with Gasteiger partial charge in [0.25, 0.3) is 5.91 Å². The molecular weight excluding hydrogens is 337 g/mol. The predicted molar refractivity (Wildman–Crippen MR) is 93.9 cm³/mol. The summed E-state index contributed by atoms with van der Waals surface area (Å²) in [5.41, 5.74) is 0.188. The lowest BCUT2D eigenvalue weighted by atomic mass is 9.95. The molecule has 0 aliphatic carbocycles. The van der Waals surface area contributed by atoms with Gasteiger partial charge in [0, 0.05) is 37.7 Å². The van der Waals surface area contributed by atoms with Crippen molar-refractivity contribution in [1.29, 1.82) is 0 Å². The van der Waals surface area contributed by atoms with E-state index in [0.717, 1.165) is 32.0 Å². The maximum atomic E-state index is 13.1. The molecule has 1 aromatic rings. The van der Waals surface area contributed by atoms with Crippen molar-refractivity contribution >= 4 is 17.7 Å². The van der Waals surface area contributed by atoms with Gasteiger partial charge < -0.3 is 15.1 Å². The minimum Gasteiger partial charge on any atom is -0.343 e. The monoisotopic (exact) mass is 361 g/mol. The molecule has 2 fully saturated rings. The van der Waals surface area contributed by atoms with Crippen LogP contribution >= 0.6 is 0 Å². The van der Waals surface area contributed by atoms with E-state index in [0.29, 0.717) is 25.9 Å². The van der Waals surface area contributed by atoms with Gasteiger partial charge >= 0.3 is 0 Å². The van der Waals surface area contributed by atoms with E-state index in [4.69, 9.17) is 0 Å². The largest absolute Gasteiger partial charge is 0.343 e. The van der Waals surface area contributed by atoms with Crippen molar-refractivity contribution in [2.75, 3.05) is 32.7 Å². The summed E-state index contributed by atoms with van der Waals surface area (Å²) < 4.78 is 13.1. The average Bonchev–Trinajstić information content (AvgIpc) is 3.20. The van der Waals surface area contributed by atoms with E-state index in [1.54, 1.807) is 4.90 Å². The predicted octanol–water partition coefficient (Wildman–Crippen LogP) is 1.42.